The van der Waals surface area contributed by atoms with Crippen molar-refractivity contribution in [2.45, 2.75) is 37.6 Å². The number of nitrogens with one attached hydrogen (secondary N) is 2. The Morgan fingerprint density at radius 2 is 1.80 bits per heavy atom. The molecule has 1 aromatic carbocycles. The first-order valence-electron chi connectivity index (χ1n) is 7.87. The standard InChI is InChI=1S/C16H25N3O5S/c1-11(2)10-14(15(20)24-3)19-16(21)18-9-8-12-4-6-13(7-5-12)25(17,22)23/h4-7,11,14H,8-10H2,1-3H3,(H2,17,22,23)(H2,18,19,21). The molecule has 0 aliphatic heterocycles. The lowest BCUT2D eigenvalue weighted by atomic mass is 10.0. The minimum atomic E-state index is -3.71. The summed E-state index contributed by atoms with van der Waals surface area (Å²) in [5.74, 6) is -0.260. The summed E-state index contributed by atoms with van der Waals surface area (Å²) in [6, 6.07) is 4.95. The molecular weight excluding hydrogens is 346 g/mol. The monoisotopic (exact) mass is 371 g/mol. The molecule has 1 rings (SSSR count). The number of methoxy groups -OCH3 is 1. The van der Waals surface area contributed by atoms with Crippen molar-refractivity contribution in [3.63, 3.8) is 0 Å². The lowest BCUT2D eigenvalue weighted by Crippen LogP contribution is -2.47. The van der Waals surface area contributed by atoms with E-state index in [-0.39, 0.29) is 10.8 Å². The van der Waals surface area contributed by atoms with Crippen molar-refractivity contribution in [3.8, 4) is 0 Å². The molecule has 0 saturated heterocycles. The fourth-order valence-corrected chi connectivity index (χ4v) is 2.72. The van der Waals surface area contributed by atoms with E-state index in [2.05, 4.69) is 15.4 Å². The summed E-state index contributed by atoms with van der Waals surface area (Å²) in [6.45, 7) is 4.22. The Kier molecular flexibility index (Phi) is 7.85. The number of amides is 2. The van der Waals surface area contributed by atoms with E-state index < -0.39 is 28.1 Å². The van der Waals surface area contributed by atoms with Crippen molar-refractivity contribution in [2.24, 2.45) is 11.1 Å². The van der Waals surface area contributed by atoms with Crippen molar-refractivity contribution in [3.05, 3.63) is 29.8 Å². The van der Waals surface area contributed by atoms with E-state index in [0.29, 0.717) is 19.4 Å². The molecular formula is C16H25N3O5S. The molecule has 1 unspecified atom stereocenters. The normalized spacial score (nSPS) is 12.5. The molecule has 8 nitrogen and oxygen atoms in total. The third-order valence-corrected chi connectivity index (χ3v) is 4.38. The number of sulfonamides is 1. The lowest BCUT2D eigenvalue weighted by Gasteiger charge is -2.18. The number of carbonyl (C=O) groups is 2. The maximum atomic E-state index is 11.9. The highest BCUT2D eigenvalue weighted by Gasteiger charge is 2.22. The number of urea groups is 1. The molecule has 9 heteroatoms. The lowest BCUT2D eigenvalue weighted by molar-refractivity contribution is -0.143. The first-order chi connectivity index (χ1) is 11.6. The van der Waals surface area contributed by atoms with Gasteiger partial charge in [-0.3, -0.25) is 0 Å². The number of nitrogens with two attached hydrogens (primary N) is 1. The minimum absolute atomic E-state index is 0.0385. The van der Waals surface area contributed by atoms with E-state index in [9.17, 15) is 18.0 Å². The van der Waals surface area contributed by atoms with Gasteiger partial charge in [0.15, 0.2) is 0 Å². The van der Waals surface area contributed by atoms with E-state index in [0.717, 1.165) is 5.56 Å². The fourth-order valence-electron chi connectivity index (χ4n) is 2.20. The van der Waals surface area contributed by atoms with Crippen LogP contribution in [0.3, 0.4) is 0 Å². The van der Waals surface area contributed by atoms with Gasteiger partial charge in [-0.25, -0.2) is 23.1 Å². The minimum Gasteiger partial charge on any atom is -0.467 e. The van der Waals surface area contributed by atoms with Gasteiger partial charge in [-0.05, 0) is 36.5 Å². The molecule has 140 valence electrons. The van der Waals surface area contributed by atoms with Gasteiger partial charge in [0.1, 0.15) is 6.04 Å². The predicted octanol–water partition coefficient (Wildman–Crippen LogP) is 0.763. The molecule has 1 atom stereocenters. The van der Waals surface area contributed by atoms with Crippen molar-refractivity contribution in [1.82, 2.24) is 10.6 Å². The largest absolute Gasteiger partial charge is 0.467 e. The number of carbonyl (C=O) groups excluding carboxylic acids is 2. The van der Waals surface area contributed by atoms with Gasteiger partial charge in [-0.15, -0.1) is 0 Å². The van der Waals surface area contributed by atoms with Crippen LogP contribution in [0.15, 0.2) is 29.2 Å². The third kappa shape index (κ3) is 7.53. The number of ether oxygens (including phenoxy) is 1. The highest BCUT2D eigenvalue weighted by Crippen LogP contribution is 2.09. The molecule has 0 saturated carbocycles. The van der Waals surface area contributed by atoms with Gasteiger partial charge in [0, 0.05) is 6.54 Å². The van der Waals surface area contributed by atoms with Crippen molar-refractivity contribution >= 4 is 22.0 Å². The van der Waals surface area contributed by atoms with E-state index in [1.54, 1.807) is 12.1 Å². The predicted molar refractivity (Wildman–Crippen MR) is 93.3 cm³/mol. The summed E-state index contributed by atoms with van der Waals surface area (Å²) in [6.07, 6.45) is 0.987. The van der Waals surface area contributed by atoms with Crippen LogP contribution in [0.4, 0.5) is 4.79 Å². The average molecular weight is 371 g/mol. The third-order valence-electron chi connectivity index (χ3n) is 3.45. The van der Waals surface area contributed by atoms with Crippen LogP contribution < -0.4 is 15.8 Å². The quantitative estimate of drug-likeness (QED) is 0.581. The fraction of sp³-hybridized carbons (Fsp3) is 0.500. The van der Waals surface area contributed by atoms with Gasteiger partial charge in [0.2, 0.25) is 10.0 Å². The Balaban J connectivity index is 2.49. The molecule has 0 fully saturated rings. The maximum absolute atomic E-state index is 11.9. The second kappa shape index (κ2) is 9.38. The number of rotatable bonds is 8. The summed E-state index contributed by atoms with van der Waals surface area (Å²) in [5, 5.41) is 10.3. The van der Waals surface area contributed by atoms with Crippen LogP contribution in [0, 0.1) is 5.92 Å². The van der Waals surface area contributed by atoms with Crippen molar-refractivity contribution in [1.29, 1.82) is 0 Å². The molecule has 0 aliphatic rings. The summed E-state index contributed by atoms with van der Waals surface area (Å²) < 4.78 is 27.0. The Labute approximate surface area is 148 Å². The van der Waals surface area contributed by atoms with Gasteiger partial charge < -0.3 is 15.4 Å². The summed E-state index contributed by atoms with van der Waals surface area (Å²) in [7, 11) is -2.43. The highest BCUT2D eigenvalue weighted by atomic mass is 32.2. The zero-order valence-electron chi connectivity index (χ0n) is 14.6. The molecule has 0 bridgehead atoms. The van der Waals surface area contributed by atoms with Crippen LogP contribution in [0.25, 0.3) is 0 Å². The molecule has 0 spiro atoms. The number of esters is 1. The summed E-state index contributed by atoms with van der Waals surface area (Å²) in [4.78, 5) is 23.6. The molecule has 1 aromatic rings. The smallest absolute Gasteiger partial charge is 0.328 e. The molecule has 2 amide bonds. The van der Waals surface area contributed by atoms with Crippen LogP contribution in [-0.4, -0.2) is 40.1 Å². The number of hydrogen-bond acceptors (Lipinski definition) is 5. The molecule has 0 heterocycles. The molecule has 0 aromatic heterocycles. The van der Waals surface area contributed by atoms with E-state index >= 15 is 0 Å². The van der Waals surface area contributed by atoms with Gasteiger partial charge in [-0.2, -0.15) is 0 Å². The van der Waals surface area contributed by atoms with Crippen LogP contribution in [0.5, 0.6) is 0 Å². The number of primary sulfonamides is 1. The Morgan fingerprint density at radius 1 is 1.20 bits per heavy atom. The zero-order chi connectivity index (χ0) is 19.0. The molecule has 0 aliphatic carbocycles. The van der Waals surface area contributed by atoms with E-state index in [4.69, 9.17) is 5.14 Å². The Morgan fingerprint density at radius 3 is 2.28 bits per heavy atom. The summed E-state index contributed by atoms with van der Waals surface area (Å²) >= 11 is 0. The average Bonchev–Trinajstić information content (AvgIpc) is 2.52. The maximum Gasteiger partial charge on any atom is 0.328 e. The number of hydrogen-bond donors (Lipinski definition) is 3. The van der Waals surface area contributed by atoms with Crippen molar-refractivity contribution < 1.29 is 22.7 Å². The Bertz CT molecular complexity index is 686. The topological polar surface area (TPSA) is 128 Å². The van der Waals surface area contributed by atoms with E-state index in [1.165, 1.54) is 19.2 Å². The Hall–Kier alpha value is -2.13. The first kappa shape index (κ1) is 20.9. The number of benzene rings is 1. The molecule has 4 N–H and O–H groups in total. The second-order valence-electron chi connectivity index (χ2n) is 6.04. The van der Waals surface area contributed by atoms with Gasteiger partial charge in [0.05, 0.1) is 12.0 Å². The van der Waals surface area contributed by atoms with Gasteiger partial charge in [-0.1, -0.05) is 26.0 Å². The molecule has 0 radical (unpaired) electrons. The van der Waals surface area contributed by atoms with Gasteiger partial charge >= 0.3 is 12.0 Å². The van der Waals surface area contributed by atoms with E-state index in [1.807, 2.05) is 13.8 Å². The SMILES string of the molecule is COC(=O)C(CC(C)C)NC(=O)NCCc1ccc(S(N)(=O)=O)cc1. The molecule has 25 heavy (non-hydrogen) atoms. The zero-order valence-corrected chi connectivity index (χ0v) is 15.4. The summed E-state index contributed by atoms with van der Waals surface area (Å²) in [5.41, 5.74) is 0.847. The van der Waals surface area contributed by atoms with Crippen LogP contribution in [-0.2, 0) is 26.0 Å². The first-order valence-corrected chi connectivity index (χ1v) is 9.42. The highest BCUT2D eigenvalue weighted by molar-refractivity contribution is 7.89. The van der Waals surface area contributed by atoms with Crippen LogP contribution in [0.2, 0.25) is 0 Å². The van der Waals surface area contributed by atoms with Crippen molar-refractivity contribution in [2.75, 3.05) is 13.7 Å². The van der Waals surface area contributed by atoms with Crippen LogP contribution in [0.1, 0.15) is 25.8 Å². The van der Waals surface area contributed by atoms with Crippen LogP contribution >= 0.6 is 0 Å². The second-order valence-corrected chi connectivity index (χ2v) is 7.61. The van der Waals surface area contributed by atoms with Gasteiger partial charge in [0.25, 0.3) is 0 Å².